The normalized spacial score (nSPS) is 21.8. The lowest BCUT2D eigenvalue weighted by Gasteiger charge is -2.37. The van der Waals surface area contributed by atoms with Gasteiger partial charge in [-0.05, 0) is 30.4 Å². The molecule has 0 aromatic heterocycles. The van der Waals surface area contributed by atoms with Gasteiger partial charge in [0.15, 0.2) is 0 Å². The molecule has 0 bridgehead atoms. The van der Waals surface area contributed by atoms with Crippen LogP contribution >= 0.6 is 0 Å². The van der Waals surface area contributed by atoms with Crippen molar-refractivity contribution in [2.75, 3.05) is 26.9 Å². The molecule has 0 amide bonds. The van der Waals surface area contributed by atoms with Crippen molar-refractivity contribution in [3.8, 4) is 5.75 Å². The fourth-order valence-corrected chi connectivity index (χ4v) is 2.55. The fourth-order valence-electron chi connectivity index (χ4n) is 2.55. The molecular weight excluding hydrogens is 264 g/mol. The molecule has 2 rings (SSSR count). The van der Waals surface area contributed by atoms with E-state index in [1.54, 1.807) is 7.11 Å². The maximum Gasteiger partial charge on any atom is 0.261 e. The van der Waals surface area contributed by atoms with E-state index in [2.05, 4.69) is 11.4 Å². The summed E-state index contributed by atoms with van der Waals surface area (Å²) in [5.74, 6) is 1.46. The summed E-state index contributed by atoms with van der Waals surface area (Å²) < 4.78 is 33.9. The average Bonchev–Trinajstić information content (AvgIpc) is 2.40. The van der Waals surface area contributed by atoms with Crippen LogP contribution < -0.4 is 10.1 Å². The van der Waals surface area contributed by atoms with E-state index < -0.39 is 13.0 Å². The van der Waals surface area contributed by atoms with Crippen LogP contribution in [0.2, 0.25) is 0 Å². The summed E-state index contributed by atoms with van der Waals surface area (Å²) in [7, 11) is 1.69. The van der Waals surface area contributed by atoms with Gasteiger partial charge in [0.2, 0.25) is 0 Å². The van der Waals surface area contributed by atoms with Gasteiger partial charge in [0.25, 0.3) is 6.43 Å². The number of para-hydroxylation sites is 1. The maximum atomic E-state index is 11.9. The second kappa shape index (κ2) is 7.55. The SMILES string of the molecule is COc1ccccc1C1CC(NCCOCC(F)F)C1. The van der Waals surface area contributed by atoms with Crippen LogP contribution in [0.15, 0.2) is 24.3 Å². The standard InChI is InChI=1S/C15H21F2NO2/c1-19-14-5-3-2-4-13(14)11-8-12(9-11)18-6-7-20-10-15(16)17/h2-5,11-12,15,18H,6-10H2,1H3. The number of hydrogen-bond acceptors (Lipinski definition) is 3. The van der Waals surface area contributed by atoms with Crippen molar-refractivity contribution in [3.63, 3.8) is 0 Å². The summed E-state index contributed by atoms with van der Waals surface area (Å²) in [5.41, 5.74) is 1.25. The molecule has 1 saturated carbocycles. The second-order valence-electron chi connectivity index (χ2n) is 5.03. The topological polar surface area (TPSA) is 30.5 Å². The minimum absolute atomic E-state index is 0.333. The van der Waals surface area contributed by atoms with Crippen LogP contribution in [0.25, 0.3) is 0 Å². The minimum Gasteiger partial charge on any atom is -0.496 e. The summed E-state index contributed by atoms with van der Waals surface area (Å²) in [6, 6.07) is 8.52. The van der Waals surface area contributed by atoms with Crippen molar-refractivity contribution < 1.29 is 18.3 Å². The first-order valence-electron chi connectivity index (χ1n) is 6.93. The predicted molar refractivity (Wildman–Crippen MR) is 73.6 cm³/mol. The van der Waals surface area contributed by atoms with Crippen molar-refractivity contribution in [3.05, 3.63) is 29.8 Å². The lowest BCUT2D eigenvalue weighted by Crippen LogP contribution is -2.41. The van der Waals surface area contributed by atoms with Gasteiger partial charge in [-0.25, -0.2) is 8.78 Å². The molecule has 0 spiro atoms. The first kappa shape index (κ1) is 15.2. The van der Waals surface area contributed by atoms with Crippen molar-refractivity contribution in [2.45, 2.75) is 31.2 Å². The van der Waals surface area contributed by atoms with E-state index in [0.717, 1.165) is 18.6 Å². The highest BCUT2D eigenvalue weighted by Crippen LogP contribution is 2.40. The van der Waals surface area contributed by atoms with Gasteiger partial charge in [0.1, 0.15) is 12.4 Å². The summed E-state index contributed by atoms with van der Waals surface area (Å²) >= 11 is 0. The van der Waals surface area contributed by atoms with Crippen LogP contribution in [0.1, 0.15) is 24.3 Å². The van der Waals surface area contributed by atoms with E-state index in [0.29, 0.717) is 25.1 Å². The molecule has 0 atom stereocenters. The number of methoxy groups -OCH3 is 1. The quantitative estimate of drug-likeness (QED) is 0.745. The monoisotopic (exact) mass is 285 g/mol. The molecule has 0 heterocycles. The molecule has 0 saturated heterocycles. The zero-order chi connectivity index (χ0) is 14.4. The molecule has 1 aromatic rings. The van der Waals surface area contributed by atoms with Gasteiger partial charge >= 0.3 is 0 Å². The molecule has 1 aliphatic carbocycles. The second-order valence-corrected chi connectivity index (χ2v) is 5.03. The van der Waals surface area contributed by atoms with Crippen LogP contribution in [-0.4, -0.2) is 39.3 Å². The first-order chi connectivity index (χ1) is 9.70. The van der Waals surface area contributed by atoms with Crippen molar-refractivity contribution in [1.29, 1.82) is 0 Å². The highest BCUT2D eigenvalue weighted by Gasteiger charge is 2.31. The number of hydrogen-bond donors (Lipinski definition) is 1. The molecule has 20 heavy (non-hydrogen) atoms. The Morgan fingerprint density at radius 2 is 2.05 bits per heavy atom. The van der Waals surface area contributed by atoms with E-state index in [1.807, 2.05) is 18.2 Å². The van der Waals surface area contributed by atoms with Crippen LogP contribution in [0.5, 0.6) is 5.75 Å². The number of ether oxygens (including phenoxy) is 2. The van der Waals surface area contributed by atoms with Crippen LogP contribution in [-0.2, 0) is 4.74 Å². The van der Waals surface area contributed by atoms with Crippen molar-refractivity contribution in [2.24, 2.45) is 0 Å². The average molecular weight is 285 g/mol. The third-order valence-electron chi connectivity index (χ3n) is 3.64. The molecule has 0 unspecified atom stereocenters. The minimum atomic E-state index is -2.38. The first-order valence-corrected chi connectivity index (χ1v) is 6.93. The Hall–Kier alpha value is -1.20. The van der Waals surface area contributed by atoms with Crippen molar-refractivity contribution in [1.82, 2.24) is 5.32 Å². The number of benzene rings is 1. The molecule has 1 fully saturated rings. The molecule has 1 aliphatic rings. The Bertz CT molecular complexity index is 409. The Balaban J connectivity index is 1.65. The van der Waals surface area contributed by atoms with Crippen LogP contribution in [0, 0.1) is 0 Å². The van der Waals surface area contributed by atoms with E-state index in [-0.39, 0.29) is 0 Å². The Labute approximate surface area is 118 Å². The third-order valence-corrected chi connectivity index (χ3v) is 3.64. The van der Waals surface area contributed by atoms with Gasteiger partial charge < -0.3 is 14.8 Å². The molecule has 0 radical (unpaired) electrons. The summed E-state index contributed by atoms with van der Waals surface area (Å²) in [5, 5.41) is 3.32. The molecule has 112 valence electrons. The largest absolute Gasteiger partial charge is 0.496 e. The van der Waals surface area contributed by atoms with Gasteiger partial charge in [-0.3, -0.25) is 0 Å². The summed E-state index contributed by atoms with van der Waals surface area (Å²) in [6.07, 6.45) is -0.279. The molecule has 5 heteroatoms. The van der Waals surface area contributed by atoms with Crippen LogP contribution in [0.4, 0.5) is 8.78 Å². The zero-order valence-electron chi connectivity index (χ0n) is 11.6. The number of rotatable bonds is 8. The van der Waals surface area contributed by atoms with E-state index in [9.17, 15) is 8.78 Å². The fraction of sp³-hybridized carbons (Fsp3) is 0.600. The highest BCUT2D eigenvalue weighted by atomic mass is 19.3. The van der Waals surface area contributed by atoms with Gasteiger partial charge in [-0.1, -0.05) is 18.2 Å². The van der Waals surface area contributed by atoms with Gasteiger partial charge in [0.05, 0.1) is 13.7 Å². The predicted octanol–water partition coefficient (Wildman–Crippen LogP) is 2.81. The number of nitrogens with one attached hydrogen (secondary N) is 1. The lowest BCUT2D eigenvalue weighted by atomic mass is 9.75. The smallest absolute Gasteiger partial charge is 0.261 e. The molecule has 0 aliphatic heterocycles. The molecule has 1 aromatic carbocycles. The Morgan fingerprint density at radius 1 is 1.30 bits per heavy atom. The Kier molecular flexibility index (Phi) is 5.73. The third kappa shape index (κ3) is 4.15. The van der Waals surface area contributed by atoms with E-state index in [1.165, 1.54) is 5.56 Å². The summed E-state index contributed by atoms with van der Waals surface area (Å²) in [4.78, 5) is 0. The maximum absolute atomic E-state index is 11.9. The molecule has 1 N–H and O–H groups in total. The van der Waals surface area contributed by atoms with Crippen LogP contribution in [0.3, 0.4) is 0 Å². The Morgan fingerprint density at radius 3 is 2.75 bits per heavy atom. The zero-order valence-corrected chi connectivity index (χ0v) is 11.6. The summed E-state index contributed by atoms with van der Waals surface area (Å²) in [6.45, 7) is 0.479. The van der Waals surface area contributed by atoms with Gasteiger partial charge in [-0.2, -0.15) is 0 Å². The van der Waals surface area contributed by atoms with Gasteiger partial charge in [-0.15, -0.1) is 0 Å². The number of alkyl halides is 2. The van der Waals surface area contributed by atoms with E-state index >= 15 is 0 Å². The van der Waals surface area contributed by atoms with Crippen molar-refractivity contribution >= 4 is 0 Å². The molecular formula is C15H21F2NO2. The van der Waals surface area contributed by atoms with Gasteiger partial charge in [0, 0.05) is 12.6 Å². The van der Waals surface area contributed by atoms with E-state index in [4.69, 9.17) is 9.47 Å². The highest BCUT2D eigenvalue weighted by molar-refractivity contribution is 5.37. The molecule has 3 nitrogen and oxygen atoms in total. The lowest BCUT2D eigenvalue weighted by molar-refractivity contribution is 0.0174. The number of halogens is 2.